The number of benzene rings is 3. The molecule has 156 valence electrons. The maximum Gasteiger partial charge on any atom is 0.254 e. The highest BCUT2D eigenvalue weighted by Crippen LogP contribution is 2.31. The topological polar surface area (TPSA) is 65.2 Å². The van der Waals surface area contributed by atoms with E-state index in [9.17, 15) is 9.59 Å². The summed E-state index contributed by atoms with van der Waals surface area (Å²) in [5.74, 6) is -0.188. The molecule has 1 heterocycles. The van der Waals surface area contributed by atoms with Crippen molar-refractivity contribution in [1.29, 1.82) is 0 Å². The van der Waals surface area contributed by atoms with E-state index in [1.54, 1.807) is 4.90 Å². The number of fused-ring (bicyclic) bond motifs is 1. The molecule has 2 N–H and O–H groups in total. The second kappa shape index (κ2) is 8.48. The fourth-order valence-corrected chi connectivity index (χ4v) is 3.90. The van der Waals surface area contributed by atoms with E-state index in [1.807, 2.05) is 86.9 Å². The number of hydrogen-bond donors (Lipinski definition) is 2. The molecule has 5 nitrogen and oxygen atoms in total. The quantitative estimate of drug-likeness (QED) is 0.447. The number of hydrogen-bond acceptors (Lipinski definition) is 2. The van der Waals surface area contributed by atoms with Crippen molar-refractivity contribution in [3.63, 3.8) is 0 Å². The Hall–Kier alpha value is -3.86. The van der Waals surface area contributed by atoms with Crippen molar-refractivity contribution >= 4 is 28.4 Å². The van der Waals surface area contributed by atoms with Crippen LogP contribution in [0.25, 0.3) is 22.0 Å². The van der Waals surface area contributed by atoms with Gasteiger partial charge in [0.2, 0.25) is 5.91 Å². The third-order valence-electron chi connectivity index (χ3n) is 5.62. The van der Waals surface area contributed by atoms with Gasteiger partial charge < -0.3 is 15.2 Å². The van der Waals surface area contributed by atoms with Crippen LogP contribution in [0, 0.1) is 0 Å². The zero-order valence-corrected chi connectivity index (χ0v) is 17.8. The number of aromatic amines is 1. The Morgan fingerprint density at radius 1 is 0.968 bits per heavy atom. The van der Waals surface area contributed by atoms with Crippen molar-refractivity contribution in [1.82, 2.24) is 9.88 Å². The summed E-state index contributed by atoms with van der Waals surface area (Å²) in [6.45, 7) is 3.51. The smallest absolute Gasteiger partial charge is 0.254 e. The van der Waals surface area contributed by atoms with Gasteiger partial charge in [-0.2, -0.15) is 0 Å². The summed E-state index contributed by atoms with van der Waals surface area (Å²) >= 11 is 0. The average molecular weight is 412 g/mol. The van der Waals surface area contributed by atoms with Crippen LogP contribution < -0.4 is 5.32 Å². The molecular formula is C26H25N3O2. The Morgan fingerprint density at radius 3 is 2.52 bits per heavy atom. The second-order valence-corrected chi connectivity index (χ2v) is 7.69. The van der Waals surface area contributed by atoms with Crippen LogP contribution in [-0.2, 0) is 4.79 Å². The average Bonchev–Trinajstić information content (AvgIpc) is 3.21. The minimum absolute atomic E-state index is 0.0571. The largest absolute Gasteiger partial charge is 0.361 e. The van der Waals surface area contributed by atoms with Crippen LogP contribution in [0.15, 0.2) is 79.0 Å². The van der Waals surface area contributed by atoms with Gasteiger partial charge in [-0.1, -0.05) is 48.5 Å². The molecule has 4 aromatic rings. The highest BCUT2D eigenvalue weighted by atomic mass is 16.2. The summed E-state index contributed by atoms with van der Waals surface area (Å²) in [7, 11) is 1.83. The van der Waals surface area contributed by atoms with Gasteiger partial charge >= 0.3 is 0 Å². The number of para-hydroxylation sites is 1. The fraction of sp³-hybridized carbons (Fsp3) is 0.154. The van der Waals surface area contributed by atoms with E-state index in [0.29, 0.717) is 11.3 Å². The monoisotopic (exact) mass is 411 g/mol. The predicted octanol–water partition coefficient (Wildman–Crippen LogP) is 5.63. The number of H-pyrrole nitrogens is 1. The standard InChI is InChI=1S/C26H25N3O2/c1-17(24-16-27-25-14-7-6-12-22(24)25)29(3)26(31)23-13-5-4-11-21(23)19-9-8-10-20(15-19)28-18(2)30/h4-17,27H,1-3H3,(H,28,30). The minimum Gasteiger partial charge on any atom is -0.361 e. The first-order valence-corrected chi connectivity index (χ1v) is 10.3. The maximum atomic E-state index is 13.5. The van der Waals surface area contributed by atoms with Crippen molar-refractivity contribution in [3.05, 3.63) is 90.1 Å². The van der Waals surface area contributed by atoms with Gasteiger partial charge in [0, 0.05) is 42.3 Å². The van der Waals surface area contributed by atoms with Gasteiger partial charge in [-0.15, -0.1) is 0 Å². The molecule has 0 aliphatic rings. The molecule has 0 aliphatic heterocycles. The molecule has 5 heteroatoms. The molecule has 1 aromatic heterocycles. The number of nitrogens with one attached hydrogen (secondary N) is 2. The normalized spacial score (nSPS) is 11.8. The lowest BCUT2D eigenvalue weighted by atomic mass is 9.97. The molecule has 0 radical (unpaired) electrons. The Labute approximate surface area is 181 Å². The molecule has 2 amide bonds. The summed E-state index contributed by atoms with van der Waals surface area (Å²) in [6, 6.07) is 23.1. The third-order valence-corrected chi connectivity index (χ3v) is 5.62. The highest BCUT2D eigenvalue weighted by Gasteiger charge is 2.23. The lowest BCUT2D eigenvalue weighted by Gasteiger charge is -2.26. The van der Waals surface area contributed by atoms with E-state index in [2.05, 4.69) is 16.4 Å². The molecule has 3 aromatic carbocycles. The lowest BCUT2D eigenvalue weighted by Crippen LogP contribution is -2.30. The molecule has 0 spiro atoms. The third kappa shape index (κ3) is 4.08. The van der Waals surface area contributed by atoms with Gasteiger partial charge in [0.1, 0.15) is 0 Å². The van der Waals surface area contributed by atoms with E-state index in [4.69, 9.17) is 0 Å². The SMILES string of the molecule is CC(=O)Nc1cccc(-c2ccccc2C(=O)N(C)C(C)c2c[nH]c3ccccc23)c1. The molecule has 31 heavy (non-hydrogen) atoms. The lowest BCUT2D eigenvalue weighted by molar-refractivity contribution is -0.114. The zero-order chi connectivity index (χ0) is 22.0. The van der Waals surface area contributed by atoms with Crippen molar-refractivity contribution in [2.75, 3.05) is 12.4 Å². The molecule has 0 saturated carbocycles. The molecular weight excluding hydrogens is 386 g/mol. The summed E-state index contributed by atoms with van der Waals surface area (Å²) < 4.78 is 0. The summed E-state index contributed by atoms with van der Waals surface area (Å²) in [5, 5.41) is 3.92. The number of anilines is 1. The van der Waals surface area contributed by atoms with Crippen molar-refractivity contribution in [3.8, 4) is 11.1 Å². The van der Waals surface area contributed by atoms with Crippen LogP contribution in [-0.4, -0.2) is 28.7 Å². The number of amides is 2. The summed E-state index contributed by atoms with van der Waals surface area (Å²) in [4.78, 5) is 30.0. The maximum absolute atomic E-state index is 13.5. The fourth-order valence-electron chi connectivity index (χ4n) is 3.90. The van der Waals surface area contributed by atoms with E-state index in [1.165, 1.54) is 6.92 Å². The van der Waals surface area contributed by atoms with Crippen molar-refractivity contribution in [2.24, 2.45) is 0 Å². The van der Waals surface area contributed by atoms with Gasteiger partial charge in [-0.3, -0.25) is 9.59 Å². The van der Waals surface area contributed by atoms with Crippen molar-refractivity contribution in [2.45, 2.75) is 19.9 Å². The van der Waals surface area contributed by atoms with E-state index >= 15 is 0 Å². The van der Waals surface area contributed by atoms with E-state index < -0.39 is 0 Å². The number of nitrogens with zero attached hydrogens (tertiary/aromatic N) is 1. The van der Waals surface area contributed by atoms with Crippen LogP contribution in [0.3, 0.4) is 0 Å². The number of carbonyl (C=O) groups excluding carboxylic acids is 2. The Kier molecular flexibility index (Phi) is 5.58. The Bertz CT molecular complexity index is 1260. The van der Waals surface area contributed by atoms with Gasteiger partial charge in [0.05, 0.1) is 6.04 Å². The van der Waals surface area contributed by atoms with Gasteiger partial charge in [0.25, 0.3) is 5.91 Å². The summed E-state index contributed by atoms with van der Waals surface area (Å²) in [6.07, 6.45) is 1.97. The van der Waals surface area contributed by atoms with Gasteiger partial charge in [-0.25, -0.2) is 0 Å². The number of carbonyl (C=O) groups is 2. The van der Waals surface area contributed by atoms with Crippen molar-refractivity contribution < 1.29 is 9.59 Å². The minimum atomic E-state index is -0.131. The molecule has 0 aliphatic carbocycles. The highest BCUT2D eigenvalue weighted by molar-refractivity contribution is 6.01. The van der Waals surface area contributed by atoms with E-state index in [0.717, 1.165) is 27.6 Å². The van der Waals surface area contributed by atoms with Crippen LogP contribution >= 0.6 is 0 Å². The van der Waals surface area contributed by atoms with Crippen LogP contribution in [0.1, 0.15) is 35.8 Å². The van der Waals surface area contributed by atoms with Gasteiger partial charge in [-0.05, 0) is 47.9 Å². The first-order valence-electron chi connectivity index (χ1n) is 10.3. The Balaban J connectivity index is 1.67. The first kappa shape index (κ1) is 20.4. The van der Waals surface area contributed by atoms with Crippen LogP contribution in [0.5, 0.6) is 0 Å². The summed E-state index contributed by atoms with van der Waals surface area (Å²) in [5.41, 5.74) is 5.17. The number of aromatic nitrogens is 1. The second-order valence-electron chi connectivity index (χ2n) is 7.69. The molecule has 0 fully saturated rings. The molecule has 4 rings (SSSR count). The first-order chi connectivity index (χ1) is 15.0. The molecule has 0 bridgehead atoms. The Morgan fingerprint density at radius 2 is 1.71 bits per heavy atom. The molecule has 1 atom stereocenters. The van der Waals surface area contributed by atoms with E-state index in [-0.39, 0.29) is 17.9 Å². The van der Waals surface area contributed by atoms with Gasteiger partial charge in [0.15, 0.2) is 0 Å². The molecule has 1 unspecified atom stereocenters. The molecule has 0 saturated heterocycles. The number of rotatable bonds is 5. The zero-order valence-electron chi connectivity index (χ0n) is 17.8. The van der Waals surface area contributed by atoms with Crippen LogP contribution in [0.2, 0.25) is 0 Å². The predicted molar refractivity (Wildman–Crippen MR) is 125 cm³/mol. The van der Waals surface area contributed by atoms with Crippen LogP contribution in [0.4, 0.5) is 5.69 Å².